The number of rotatable bonds is 42. The molecule has 66 heavy (non-hydrogen) atoms. The Labute approximate surface area is 402 Å². The first-order chi connectivity index (χ1) is 32.1. The van der Waals surface area contributed by atoms with Gasteiger partial charge in [-0.25, -0.2) is 0 Å². The summed E-state index contributed by atoms with van der Waals surface area (Å²) in [6, 6.07) is -0.753. The van der Waals surface area contributed by atoms with Gasteiger partial charge in [-0.05, 0) is 103 Å². The normalized spacial score (nSPS) is 14.1. The average Bonchev–Trinajstić information content (AvgIpc) is 3.28. The molecular formula is C58H89NO7. The Morgan fingerprint density at radius 1 is 0.455 bits per heavy atom. The van der Waals surface area contributed by atoms with Gasteiger partial charge in [-0.2, -0.15) is 0 Å². The number of carboxylic acid groups (broad SMARTS) is 1. The van der Waals surface area contributed by atoms with E-state index in [0.29, 0.717) is 12.8 Å². The van der Waals surface area contributed by atoms with Crippen molar-refractivity contribution in [1.29, 1.82) is 0 Å². The number of hydrogen-bond acceptors (Lipinski definition) is 7. The molecule has 0 saturated heterocycles. The molecule has 0 fully saturated rings. The van der Waals surface area contributed by atoms with Crippen LogP contribution in [0.15, 0.2) is 146 Å². The molecule has 368 valence electrons. The molecule has 0 radical (unpaired) electrons. The number of likely N-dealkylation sites (N-methyl/N-ethyl adjacent to an activating group) is 1. The van der Waals surface area contributed by atoms with Gasteiger partial charge in [-0.3, -0.25) is 9.59 Å². The van der Waals surface area contributed by atoms with Crippen molar-refractivity contribution in [3.63, 3.8) is 0 Å². The molecule has 0 aromatic carbocycles. The molecule has 2 atom stereocenters. The van der Waals surface area contributed by atoms with Crippen molar-refractivity contribution in [2.75, 3.05) is 41.0 Å². The van der Waals surface area contributed by atoms with Crippen molar-refractivity contribution in [3.05, 3.63) is 146 Å². The van der Waals surface area contributed by atoms with E-state index in [1.54, 1.807) is 21.1 Å². The first-order valence-electron chi connectivity index (χ1n) is 24.9. The molecule has 0 N–H and O–H groups in total. The molecule has 0 aromatic rings. The summed E-state index contributed by atoms with van der Waals surface area (Å²) in [5, 5.41) is 11.7. The van der Waals surface area contributed by atoms with Crippen LogP contribution in [0.25, 0.3) is 0 Å². The van der Waals surface area contributed by atoms with E-state index in [1.165, 1.54) is 0 Å². The van der Waals surface area contributed by atoms with Gasteiger partial charge in [-0.1, -0.05) is 173 Å². The second-order valence-corrected chi connectivity index (χ2v) is 16.9. The Morgan fingerprint density at radius 3 is 1.23 bits per heavy atom. The van der Waals surface area contributed by atoms with Gasteiger partial charge in [0.1, 0.15) is 12.6 Å². The van der Waals surface area contributed by atoms with Crippen molar-refractivity contribution >= 4 is 17.9 Å². The van der Waals surface area contributed by atoms with Crippen LogP contribution in [0.5, 0.6) is 0 Å². The summed E-state index contributed by atoms with van der Waals surface area (Å²) in [6.45, 7) is 4.30. The van der Waals surface area contributed by atoms with Crippen LogP contribution >= 0.6 is 0 Å². The van der Waals surface area contributed by atoms with Crippen LogP contribution in [-0.2, 0) is 28.6 Å². The van der Waals surface area contributed by atoms with E-state index < -0.39 is 18.1 Å². The molecule has 0 aliphatic rings. The summed E-state index contributed by atoms with van der Waals surface area (Å²) in [5.41, 5.74) is 0. The van der Waals surface area contributed by atoms with Crippen molar-refractivity contribution in [3.8, 4) is 0 Å². The first-order valence-corrected chi connectivity index (χ1v) is 24.9. The topological polar surface area (TPSA) is 102 Å². The fraction of sp³-hybridized carbons (Fsp3) is 0.534. The molecule has 0 aliphatic heterocycles. The van der Waals surface area contributed by atoms with Gasteiger partial charge in [0.2, 0.25) is 0 Å². The first kappa shape index (κ1) is 61.2. The summed E-state index contributed by atoms with van der Waals surface area (Å²) in [4.78, 5) is 37.0. The summed E-state index contributed by atoms with van der Waals surface area (Å²) in [7, 11) is 5.36. The largest absolute Gasteiger partial charge is 0.544 e. The van der Waals surface area contributed by atoms with Gasteiger partial charge < -0.3 is 28.6 Å². The third-order valence-corrected chi connectivity index (χ3v) is 9.98. The van der Waals surface area contributed by atoms with Crippen LogP contribution < -0.4 is 5.11 Å². The van der Waals surface area contributed by atoms with E-state index in [0.717, 1.165) is 103 Å². The summed E-state index contributed by atoms with van der Waals surface area (Å²) < 4.78 is 17.1. The highest BCUT2D eigenvalue weighted by Gasteiger charge is 2.25. The molecule has 0 bridgehead atoms. The number of quaternary nitrogens is 1. The van der Waals surface area contributed by atoms with Crippen molar-refractivity contribution in [1.82, 2.24) is 0 Å². The Kier molecular flexibility index (Phi) is 43.3. The number of nitrogens with zero attached hydrogens (tertiary/aromatic N) is 1. The number of carboxylic acids is 1. The highest BCUT2D eigenvalue weighted by molar-refractivity contribution is 5.70. The lowest BCUT2D eigenvalue weighted by atomic mass is 10.1. The molecule has 8 nitrogen and oxygen atoms in total. The maximum Gasteiger partial charge on any atom is 0.306 e. The average molecular weight is 912 g/mol. The zero-order valence-electron chi connectivity index (χ0n) is 41.8. The Hall–Kier alpha value is -4.79. The van der Waals surface area contributed by atoms with Crippen LogP contribution in [0.2, 0.25) is 0 Å². The Balaban J connectivity index is 4.48. The number of unbranched alkanes of at least 4 members (excludes halogenated alkanes) is 4. The van der Waals surface area contributed by atoms with Gasteiger partial charge in [-0.15, -0.1) is 0 Å². The number of allylic oxidation sites excluding steroid dienone is 24. The molecule has 0 spiro atoms. The lowest BCUT2D eigenvalue weighted by Crippen LogP contribution is -2.55. The maximum absolute atomic E-state index is 12.8. The number of aliphatic carboxylic acids is 1. The van der Waals surface area contributed by atoms with E-state index in [1.807, 2.05) is 12.2 Å². The maximum atomic E-state index is 12.8. The molecule has 2 unspecified atom stereocenters. The quantitative estimate of drug-likeness (QED) is 0.0260. The molecule has 0 saturated carbocycles. The minimum Gasteiger partial charge on any atom is -0.544 e. The highest BCUT2D eigenvalue weighted by atomic mass is 16.6. The number of ether oxygens (including phenoxy) is 3. The number of carbonyl (C=O) groups excluding carboxylic acids is 3. The monoisotopic (exact) mass is 912 g/mol. The SMILES string of the molecule is CC/C=C/C/C=C/C/C=C/C/C=C/C/C=C/C/C=C/CCCCCCC(=O)OC(COCCC(C(=O)[O-])[N+](C)(C)C)COC(=O)CC/C=C/C/C=C/C/C=C/C/C=C/C/C=C/C/C=C/CC. The minimum absolute atomic E-state index is 0.00492. The van der Waals surface area contributed by atoms with Crippen LogP contribution in [0.4, 0.5) is 0 Å². The van der Waals surface area contributed by atoms with Gasteiger partial charge in [0.15, 0.2) is 6.10 Å². The van der Waals surface area contributed by atoms with Crippen LogP contribution in [-0.4, -0.2) is 75.5 Å². The van der Waals surface area contributed by atoms with Gasteiger partial charge in [0.05, 0.1) is 40.3 Å². The van der Waals surface area contributed by atoms with E-state index in [-0.39, 0.29) is 55.5 Å². The van der Waals surface area contributed by atoms with E-state index in [4.69, 9.17) is 14.2 Å². The number of hydrogen-bond donors (Lipinski definition) is 0. The fourth-order valence-electron chi connectivity index (χ4n) is 6.22. The third kappa shape index (κ3) is 44.4. The lowest BCUT2D eigenvalue weighted by molar-refractivity contribution is -0.889. The summed E-state index contributed by atoms with van der Waals surface area (Å²) in [5.74, 6) is -1.90. The second kappa shape index (κ2) is 46.7. The minimum atomic E-state index is -1.15. The van der Waals surface area contributed by atoms with Crippen LogP contribution in [0.3, 0.4) is 0 Å². The molecular weight excluding hydrogens is 823 g/mol. The van der Waals surface area contributed by atoms with E-state index in [9.17, 15) is 19.5 Å². The van der Waals surface area contributed by atoms with Crippen LogP contribution in [0, 0.1) is 0 Å². The fourth-order valence-corrected chi connectivity index (χ4v) is 6.22. The third-order valence-electron chi connectivity index (χ3n) is 9.98. The predicted octanol–water partition coefficient (Wildman–Crippen LogP) is 13.2. The van der Waals surface area contributed by atoms with Gasteiger partial charge in [0, 0.05) is 19.3 Å². The molecule has 0 aliphatic carbocycles. The van der Waals surface area contributed by atoms with Gasteiger partial charge >= 0.3 is 11.9 Å². The highest BCUT2D eigenvalue weighted by Crippen LogP contribution is 2.11. The van der Waals surface area contributed by atoms with Crippen LogP contribution in [0.1, 0.15) is 149 Å². The molecule has 0 amide bonds. The second-order valence-electron chi connectivity index (χ2n) is 16.9. The molecule has 0 heterocycles. The summed E-state index contributed by atoms with van der Waals surface area (Å²) in [6.07, 6.45) is 68.9. The van der Waals surface area contributed by atoms with Gasteiger partial charge in [0.25, 0.3) is 0 Å². The molecule has 0 rings (SSSR count). The molecule has 0 aromatic heterocycles. The standard InChI is InChI=1S/C58H89NO7/c1-6-8-10-12-14-16-18-20-22-24-26-27-28-29-31-33-35-37-39-41-43-45-47-49-57(61)66-54(52-64-51-50-55(58(62)63)59(3,4)5)53-65-56(60)48-46-44-42-40-38-36-34-32-30-25-23-21-19-17-15-13-11-9-7-2/h8-11,14-17,20-23,26-27,29-32,35-38,42,44,54-55H,6-7,12-13,18-19,24-25,28,33-34,39-41,43,45-53H2,1-5H3/b10-8+,11-9+,16-14+,17-15+,22-20+,23-21+,27-26+,31-29+,32-30+,37-35+,38-36+,44-42+. The smallest absolute Gasteiger partial charge is 0.306 e. The predicted molar refractivity (Wildman–Crippen MR) is 276 cm³/mol. The van der Waals surface area contributed by atoms with E-state index in [2.05, 4.69) is 148 Å². The Morgan fingerprint density at radius 2 is 0.833 bits per heavy atom. The number of esters is 2. The lowest BCUT2D eigenvalue weighted by Gasteiger charge is -2.34. The van der Waals surface area contributed by atoms with Crippen molar-refractivity contribution in [2.45, 2.75) is 161 Å². The zero-order chi connectivity index (χ0) is 48.4. The zero-order valence-corrected chi connectivity index (χ0v) is 41.8. The van der Waals surface area contributed by atoms with E-state index >= 15 is 0 Å². The molecule has 8 heteroatoms. The van der Waals surface area contributed by atoms with Crippen molar-refractivity contribution in [2.24, 2.45) is 0 Å². The summed E-state index contributed by atoms with van der Waals surface area (Å²) >= 11 is 0. The van der Waals surface area contributed by atoms with Crippen molar-refractivity contribution < 1.29 is 38.2 Å². The number of carbonyl (C=O) groups is 3. The Bertz CT molecular complexity index is 1580.